The third kappa shape index (κ3) is 18.0. The number of benzene rings is 3. The number of H-pyrrole nitrogens is 3. The fourth-order valence-electron chi connectivity index (χ4n) is 4.58. The minimum absolute atomic E-state index is 0.0152. The second kappa shape index (κ2) is 27.5. The number of nitrogens with zero attached hydrogens (tertiary/aromatic N) is 1. The molecule has 0 aliphatic rings. The van der Waals surface area contributed by atoms with Gasteiger partial charge in [-0.25, -0.2) is 0 Å². The van der Waals surface area contributed by atoms with Crippen LogP contribution in [0.2, 0.25) is 0 Å². The van der Waals surface area contributed by atoms with Crippen molar-refractivity contribution in [3.05, 3.63) is 112 Å². The number of hydrogen-bond donors (Lipinski definition) is 3. The fraction of sp³-hybridized carbons (Fsp3) is 0.500. The highest BCUT2D eigenvalue weighted by molar-refractivity contribution is 5.83. The molecule has 3 aromatic carbocycles. The molecule has 5 nitrogen and oxygen atoms in total. The number of nitrogens with one attached hydrogen (secondary N) is 3. The van der Waals surface area contributed by atoms with Crippen molar-refractivity contribution in [3.63, 3.8) is 0 Å². The second-order valence-corrected chi connectivity index (χ2v) is 13.8. The van der Waals surface area contributed by atoms with Gasteiger partial charge >= 0.3 is 0 Å². The Labute approximate surface area is 325 Å². The highest BCUT2D eigenvalue weighted by Crippen LogP contribution is 2.27. The summed E-state index contributed by atoms with van der Waals surface area (Å²) in [7, 11) is 0. The molecule has 6 aromatic rings. The molecule has 3 N–H and O–H groups in total. The van der Waals surface area contributed by atoms with Gasteiger partial charge in [0, 0.05) is 29.4 Å². The van der Waals surface area contributed by atoms with Crippen LogP contribution in [0.5, 0.6) is 0 Å². The van der Waals surface area contributed by atoms with E-state index < -0.39 is 0 Å². The predicted molar refractivity (Wildman–Crippen MR) is 243 cm³/mol. The van der Waals surface area contributed by atoms with E-state index in [4.69, 9.17) is 0 Å². The van der Waals surface area contributed by atoms with E-state index in [1.54, 1.807) is 6.20 Å². The van der Waals surface area contributed by atoms with E-state index in [9.17, 15) is 4.79 Å². The molecule has 0 aliphatic carbocycles. The number of aromatic nitrogens is 4. The quantitative estimate of drug-likeness (QED) is 0.146. The summed E-state index contributed by atoms with van der Waals surface area (Å²) in [6.45, 7) is 43.8. The molecule has 0 spiro atoms. The normalized spacial score (nSPS) is 10.1. The van der Waals surface area contributed by atoms with Gasteiger partial charge in [-0.15, -0.1) is 0 Å². The van der Waals surface area contributed by atoms with E-state index in [2.05, 4.69) is 125 Å². The number of hydrogen-bond acceptors (Lipinski definition) is 2. The van der Waals surface area contributed by atoms with Crippen LogP contribution in [0.25, 0.3) is 32.4 Å². The molecule has 3 aromatic heterocycles. The van der Waals surface area contributed by atoms with Gasteiger partial charge in [0.25, 0.3) is 5.56 Å². The maximum absolute atomic E-state index is 11.6. The largest absolute Gasteiger partial charge is 0.366 e. The van der Waals surface area contributed by atoms with Gasteiger partial charge in [-0.1, -0.05) is 176 Å². The summed E-state index contributed by atoms with van der Waals surface area (Å²) in [5.74, 6) is 0. The monoisotopic (exact) mass is 729 g/mol. The smallest absolute Gasteiger partial charge is 0.255 e. The third-order valence-electron chi connectivity index (χ3n) is 7.38. The Morgan fingerprint density at radius 2 is 0.887 bits per heavy atom. The predicted octanol–water partition coefficient (Wildman–Crippen LogP) is 15.3. The van der Waals surface area contributed by atoms with Crippen molar-refractivity contribution in [2.45, 2.75) is 162 Å². The Morgan fingerprint density at radius 3 is 1.38 bits per heavy atom. The number of pyridine rings is 1. The Morgan fingerprint density at radius 1 is 0.472 bits per heavy atom. The van der Waals surface area contributed by atoms with Gasteiger partial charge in [0.05, 0.1) is 11.7 Å². The minimum Gasteiger partial charge on any atom is -0.366 e. The molecule has 0 saturated heterocycles. The number of fused-ring (bicyclic) bond motifs is 3. The van der Waals surface area contributed by atoms with Crippen LogP contribution >= 0.6 is 0 Å². The highest BCUT2D eigenvalue weighted by Gasteiger charge is 2.15. The molecule has 0 bridgehead atoms. The van der Waals surface area contributed by atoms with Crippen LogP contribution in [-0.4, -0.2) is 20.2 Å². The van der Waals surface area contributed by atoms with Crippen LogP contribution in [0.4, 0.5) is 0 Å². The molecule has 0 saturated carbocycles. The van der Waals surface area contributed by atoms with Crippen LogP contribution in [-0.2, 0) is 16.2 Å². The summed E-state index contributed by atoms with van der Waals surface area (Å²) in [4.78, 5) is 17.4. The summed E-state index contributed by atoms with van der Waals surface area (Å²) in [5, 5.41) is 12.5. The van der Waals surface area contributed by atoms with Gasteiger partial charge < -0.3 is 9.97 Å². The first-order valence-corrected chi connectivity index (χ1v) is 20.3. The zero-order valence-electron chi connectivity index (χ0n) is 37.9. The van der Waals surface area contributed by atoms with Gasteiger partial charge in [-0.3, -0.25) is 9.89 Å². The maximum Gasteiger partial charge on any atom is 0.255 e. The molecule has 3 heterocycles. The van der Waals surface area contributed by atoms with E-state index in [0.29, 0.717) is 0 Å². The van der Waals surface area contributed by atoms with Crippen molar-refractivity contribution in [2.75, 3.05) is 0 Å². The van der Waals surface area contributed by atoms with Gasteiger partial charge in [0.15, 0.2) is 0 Å². The molecule has 5 heteroatoms. The lowest BCUT2D eigenvalue weighted by atomic mass is 9.86. The van der Waals surface area contributed by atoms with E-state index in [-0.39, 0.29) is 21.8 Å². The second-order valence-electron chi connectivity index (χ2n) is 13.8. The van der Waals surface area contributed by atoms with Crippen LogP contribution in [0, 0.1) is 0 Å². The van der Waals surface area contributed by atoms with Gasteiger partial charge in [-0.05, 0) is 79.4 Å². The van der Waals surface area contributed by atoms with Crippen molar-refractivity contribution in [1.82, 2.24) is 20.2 Å². The molecule has 298 valence electrons. The Bertz CT molecular complexity index is 1730. The fourth-order valence-corrected chi connectivity index (χ4v) is 4.58. The minimum atomic E-state index is -0.0152. The summed E-state index contributed by atoms with van der Waals surface area (Å²) in [6.07, 6.45) is 7.62. The molecule has 0 fully saturated rings. The zero-order chi connectivity index (χ0) is 42.0. The summed E-state index contributed by atoms with van der Waals surface area (Å²) in [5.41, 5.74) is 5.55. The van der Waals surface area contributed by atoms with Crippen molar-refractivity contribution in [3.8, 4) is 0 Å². The summed E-state index contributed by atoms with van der Waals surface area (Å²) >= 11 is 0. The molecule has 0 radical (unpaired) electrons. The van der Waals surface area contributed by atoms with Crippen molar-refractivity contribution in [2.24, 2.45) is 0 Å². The molecule has 6 rings (SSSR count). The average molecular weight is 729 g/mol. The lowest BCUT2D eigenvalue weighted by Gasteiger charge is -2.19. The SMILES string of the molecule is CC.CC.CC.CC.CC.CC.CC(C)(C)c1ccc2[nH]ncc2c1.CC(C)(C)c1ccc2c[nH]cc2c1.CC(C)(C)c1ccc2cc[nH]c(=O)c2c1. The maximum atomic E-state index is 11.6. The zero-order valence-corrected chi connectivity index (χ0v) is 37.9. The Hall–Kier alpha value is -4.12. The first-order chi connectivity index (χ1) is 25.1. The Kier molecular flexibility index (Phi) is 27.6. The first-order valence-electron chi connectivity index (χ1n) is 20.3. The molecular weight excluding hydrogens is 649 g/mol. The van der Waals surface area contributed by atoms with Crippen molar-refractivity contribution >= 4 is 32.4 Å². The van der Waals surface area contributed by atoms with E-state index in [0.717, 1.165) is 16.3 Å². The topological polar surface area (TPSA) is 77.3 Å². The van der Waals surface area contributed by atoms with Crippen LogP contribution in [0.3, 0.4) is 0 Å². The molecule has 0 amide bonds. The van der Waals surface area contributed by atoms with E-state index >= 15 is 0 Å². The molecule has 53 heavy (non-hydrogen) atoms. The molecule has 0 aliphatic heterocycles. The number of aromatic amines is 3. The van der Waals surface area contributed by atoms with E-state index in [1.807, 2.05) is 120 Å². The summed E-state index contributed by atoms with van der Waals surface area (Å²) < 4.78 is 0. The molecule has 0 atom stereocenters. The Balaban J connectivity index is -0.000000619. The van der Waals surface area contributed by atoms with Crippen LogP contribution < -0.4 is 5.56 Å². The van der Waals surface area contributed by atoms with Crippen molar-refractivity contribution < 1.29 is 0 Å². The average Bonchev–Trinajstić information content (AvgIpc) is 3.86. The standard InChI is InChI=1S/C13H15NO.C12H15N.C11H14N2.6C2H6/c1-13(2,3)10-5-4-9-6-7-14-12(15)11(9)8-10;1-12(2,3)11-5-4-9-7-13-8-10(9)6-11;1-11(2,3)9-4-5-10-8(6-9)7-12-13-10;6*1-2/h4-8H,1-3H3,(H,14,15);4-8,13H,1-3H3;4-7H,1-3H3,(H,12,13);6*1-2H3. The van der Waals surface area contributed by atoms with Crippen LogP contribution in [0.15, 0.2) is 90.2 Å². The lowest BCUT2D eigenvalue weighted by Crippen LogP contribution is -2.12. The summed E-state index contributed by atoms with van der Waals surface area (Å²) in [6, 6.07) is 21.1. The third-order valence-corrected chi connectivity index (χ3v) is 7.38. The lowest BCUT2D eigenvalue weighted by molar-refractivity contribution is 0.591. The van der Waals surface area contributed by atoms with Gasteiger partial charge in [-0.2, -0.15) is 5.10 Å². The number of rotatable bonds is 0. The van der Waals surface area contributed by atoms with Gasteiger partial charge in [0.1, 0.15) is 0 Å². The van der Waals surface area contributed by atoms with E-state index in [1.165, 1.54) is 32.8 Å². The first kappa shape index (κ1) is 53.2. The molecular formula is C48H80N4O. The van der Waals surface area contributed by atoms with Gasteiger partial charge in [0.2, 0.25) is 0 Å². The molecule has 0 unspecified atom stereocenters. The van der Waals surface area contributed by atoms with Crippen LogP contribution in [0.1, 0.15) is 162 Å². The highest BCUT2D eigenvalue weighted by atomic mass is 16.1. The van der Waals surface area contributed by atoms with Crippen molar-refractivity contribution in [1.29, 1.82) is 0 Å².